The highest BCUT2D eigenvalue weighted by molar-refractivity contribution is 6.11. The standard InChI is InChI=1S/C41H27N3/c1-3-11-31(12-4-1)43-38-17-9-7-15-33(38)35-25-28(20-23-40(35)43)30-19-22-37(42-27-30)29-21-24-41-36(26-29)34-16-8-10-18-39(34)44(41)32-13-5-2-6-14-32/h1-27H. The lowest BCUT2D eigenvalue weighted by Gasteiger charge is -2.09. The smallest absolute Gasteiger partial charge is 0.0702 e. The van der Waals surface area contributed by atoms with Crippen LogP contribution < -0.4 is 0 Å². The number of fused-ring (bicyclic) bond motifs is 6. The van der Waals surface area contributed by atoms with E-state index in [1.165, 1.54) is 49.3 Å². The van der Waals surface area contributed by atoms with Gasteiger partial charge >= 0.3 is 0 Å². The lowest BCUT2D eigenvalue weighted by atomic mass is 10.0. The van der Waals surface area contributed by atoms with Crippen LogP contribution in [0.15, 0.2) is 164 Å². The van der Waals surface area contributed by atoms with Crippen molar-refractivity contribution in [3.63, 3.8) is 0 Å². The summed E-state index contributed by atoms with van der Waals surface area (Å²) in [6.07, 6.45) is 2.00. The van der Waals surface area contributed by atoms with E-state index in [1.807, 2.05) is 6.20 Å². The van der Waals surface area contributed by atoms with E-state index < -0.39 is 0 Å². The minimum atomic E-state index is 0.967. The average molecular weight is 562 g/mol. The Hall–Kier alpha value is -5.93. The van der Waals surface area contributed by atoms with Crippen LogP contribution in [0.4, 0.5) is 0 Å². The predicted molar refractivity (Wildman–Crippen MR) is 184 cm³/mol. The molecule has 206 valence electrons. The number of pyridine rings is 1. The maximum absolute atomic E-state index is 4.96. The topological polar surface area (TPSA) is 22.8 Å². The van der Waals surface area contributed by atoms with Gasteiger partial charge in [-0.2, -0.15) is 0 Å². The van der Waals surface area contributed by atoms with Crippen LogP contribution in [0.1, 0.15) is 0 Å². The number of benzene rings is 6. The van der Waals surface area contributed by atoms with Crippen molar-refractivity contribution in [2.45, 2.75) is 0 Å². The maximum atomic E-state index is 4.96. The Balaban J connectivity index is 1.13. The summed E-state index contributed by atoms with van der Waals surface area (Å²) in [4.78, 5) is 4.96. The zero-order chi connectivity index (χ0) is 29.0. The molecule has 44 heavy (non-hydrogen) atoms. The van der Waals surface area contributed by atoms with Crippen LogP contribution in [0.25, 0.3) is 77.4 Å². The van der Waals surface area contributed by atoms with Crippen molar-refractivity contribution < 1.29 is 0 Å². The Morgan fingerprint density at radius 3 is 1.34 bits per heavy atom. The van der Waals surface area contributed by atoms with Crippen LogP contribution in [0.5, 0.6) is 0 Å². The second-order valence-corrected chi connectivity index (χ2v) is 11.3. The fourth-order valence-corrected chi connectivity index (χ4v) is 6.73. The summed E-state index contributed by atoms with van der Waals surface area (Å²) >= 11 is 0. The van der Waals surface area contributed by atoms with Crippen LogP contribution in [0.3, 0.4) is 0 Å². The van der Waals surface area contributed by atoms with Gasteiger partial charge in [0.05, 0.1) is 27.8 Å². The van der Waals surface area contributed by atoms with Crippen LogP contribution in [-0.2, 0) is 0 Å². The Kier molecular flexibility index (Phi) is 5.50. The highest BCUT2D eigenvalue weighted by Gasteiger charge is 2.15. The van der Waals surface area contributed by atoms with Gasteiger partial charge in [0, 0.05) is 50.2 Å². The molecule has 0 atom stereocenters. The lowest BCUT2D eigenvalue weighted by molar-refractivity contribution is 1.18. The monoisotopic (exact) mass is 561 g/mol. The molecule has 3 aromatic heterocycles. The molecular weight excluding hydrogens is 534 g/mol. The summed E-state index contributed by atoms with van der Waals surface area (Å²) in [5, 5.41) is 4.97. The van der Waals surface area contributed by atoms with Gasteiger partial charge in [0.2, 0.25) is 0 Å². The molecule has 6 aromatic carbocycles. The van der Waals surface area contributed by atoms with E-state index in [0.29, 0.717) is 0 Å². The quantitative estimate of drug-likeness (QED) is 0.210. The number of rotatable bonds is 4. The molecule has 9 aromatic rings. The molecule has 0 unspecified atom stereocenters. The molecule has 0 amide bonds. The molecule has 0 aliphatic heterocycles. The maximum Gasteiger partial charge on any atom is 0.0702 e. The predicted octanol–water partition coefficient (Wildman–Crippen LogP) is 10.6. The Morgan fingerprint density at radius 1 is 0.341 bits per heavy atom. The summed E-state index contributed by atoms with van der Waals surface area (Å²) in [6.45, 7) is 0. The van der Waals surface area contributed by atoms with Gasteiger partial charge in [0.15, 0.2) is 0 Å². The number of hydrogen-bond donors (Lipinski definition) is 0. The van der Waals surface area contributed by atoms with Crippen molar-refractivity contribution in [2.24, 2.45) is 0 Å². The fraction of sp³-hybridized carbons (Fsp3) is 0. The van der Waals surface area contributed by atoms with Crippen LogP contribution in [-0.4, -0.2) is 14.1 Å². The minimum absolute atomic E-state index is 0.967. The molecule has 0 radical (unpaired) electrons. The zero-order valence-electron chi connectivity index (χ0n) is 23.9. The van der Waals surface area contributed by atoms with Gasteiger partial charge in [-0.25, -0.2) is 0 Å². The molecule has 0 aliphatic carbocycles. The van der Waals surface area contributed by atoms with Crippen molar-refractivity contribution in [1.29, 1.82) is 0 Å². The van der Waals surface area contributed by atoms with Crippen molar-refractivity contribution >= 4 is 43.6 Å². The zero-order valence-corrected chi connectivity index (χ0v) is 23.9. The fourth-order valence-electron chi connectivity index (χ4n) is 6.73. The highest BCUT2D eigenvalue weighted by atomic mass is 15.0. The van der Waals surface area contributed by atoms with E-state index in [0.717, 1.165) is 28.1 Å². The van der Waals surface area contributed by atoms with E-state index in [4.69, 9.17) is 4.98 Å². The van der Waals surface area contributed by atoms with Gasteiger partial charge in [-0.1, -0.05) is 91.0 Å². The second kappa shape index (κ2) is 9.82. The summed E-state index contributed by atoms with van der Waals surface area (Å²) in [5.41, 5.74) is 11.5. The van der Waals surface area contributed by atoms with Crippen molar-refractivity contribution in [2.75, 3.05) is 0 Å². The van der Waals surface area contributed by atoms with Gasteiger partial charge in [-0.3, -0.25) is 4.98 Å². The highest BCUT2D eigenvalue weighted by Crippen LogP contribution is 2.37. The molecule has 9 rings (SSSR count). The number of para-hydroxylation sites is 4. The summed E-state index contributed by atoms with van der Waals surface area (Å²) < 4.78 is 4.69. The van der Waals surface area contributed by atoms with Gasteiger partial charge < -0.3 is 9.13 Å². The molecule has 0 saturated carbocycles. The first-order valence-corrected chi connectivity index (χ1v) is 15.0. The van der Waals surface area contributed by atoms with Gasteiger partial charge in [0.1, 0.15) is 0 Å². The van der Waals surface area contributed by atoms with Crippen LogP contribution in [0, 0.1) is 0 Å². The number of nitrogens with zero attached hydrogens (tertiary/aromatic N) is 3. The SMILES string of the molecule is c1ccc(-n2c3ccccc3c3cc(-c4ccc(-c5ccc6c(c5)c5ccccc5n6-c5ccccc5)nc4)ccc32)cc1. The van der Waals surface area contributed by atoms with Gasteiger partial charge in [0.25, 0.3) is 0 Å². The van der Waals surface area contributed by atoms with Crippen LogP contribution >= 0.6 is 0 Å². The largest absolute Gasteiger partial charge is 0.309 e. The van der Waals surface area contributed by atoms with Crippen molar-refractivity contribution in [3.8, 4) is 33.8 Å². The summed E-state index contributed by atoms with van der Waals surface area (Å²) in [6, 6.07) is 56.2. The first-order chi connectivity index (χ1) is 21.8. The molecule has 3 heteroatoms. The second-order valence-electron chi connectivity index (χ2n) is 11.3. The molecule has 0 aliphatic rings. The molecule has 3 nitrogen and oxygen atoms in total. The van der Waals surface area contributed by atoms with E-state index in [-0.39, 0.29) is 0 Å². The minimum Gasteiger partial charge on any atom is -0.309 e. The summed E-state index contributed by atoms with van der Waals surface area (Å²) in [5.74, 6) is 0. The first kappa shape index (κ1) is 24.6. The van der Waals surface area contributed by atoms with E-state index >= 15 is 0 Å². The van der Waals surface area contributed by atoms with E-state index in [2.05, 4.69) is 167 Å². The molecule has 0 N–H and O–H groups in total. The summed E-state index contributed by atoms with van der Waals surface area (Å²) in [7, 11) is 0. The molecule has 0 fully saturated rings. The molecule has 0 bridgehead atoms. The first-order valence-electron chi connectivity index (χ1n) is 15.0. The lowest BCUT2D eigenvalue weighted by Crippen LogP contribution is -1.93. The Labute approximate surface area is 254 Å². The Bertz CT molecular complexity index is 2290. The molecular formula is C41H27N3. The molecule has 0 saturated heterocycles. The van der Waals surface area contributed by atoms with Crippen LogP contribution in [0.2, 0.25) is 0 Å². The third kappa shape index (κ3) is 3.80. The van der Waals surface area contributed by atoms with Crippen molar-refractivity contribution in [3.05, 3.63) is 164 Å². The molecule has 0 spiro atoms. The molecule has 3 heterocycles. The third-order valence-electron chi connectivity index (χ3n) is 8.77. The normalized spacial score (nSPS) is 11.6. The van der Waals surface area contributed by atoms with Crippen molar-refractivity contribution in [1.82, 2.24) is 14.1 Å². The Morgan fingerprint density at radius 2 is 0.795 bits per heavy atom. The van der Waals surface area contributed by atoms with Gasteiger partial charge in [-0.15, -0.1) is 0 Å². The average Bonchev–Trinajstić information content (AvgIpc) is 3.61. The number of hydrogen-bond acceptors (Lipinski definition) is 1. The van der Waals surface area contributed by atoms with E-state index in [1.54, 1.807) is 0 Å². The van der Waals surface area contributed by atoms with Gasteiger partial charge in [-0.05, 0) is 72.3 Å². The third-order valence-corrected chi connectivity index (χ3v) is 8.77. The van der Waals surface area contributed by atoms with E-state index in [9.17, 15) is 0 Å². The number of aromatic nitrogens is 3.